The Morgan fingerprint density at radius 3 is 1.60 bits per heavy atom. The van der Waals surface area contributed by atoms with E-state index in [9.17, 15) is 0 Å². The smallest absolute Gasteiger partial charge is 0.172 e. The molecule has 57 heavy (non-hydrogen) atoms. The fourth-order valence-corrected chi connectivity index (χ4v) is 11.7. The molecule has 10 aromatic rings. The van der Waals surface area contributed by atoms with E-state index < -0.39 is 7.14 Å². The van der Waals surface area contributed by atoms with Crippen molar-refractivity contribution in [1.29, 1.82) is 0 Å². The second-order valence-corrected chi connectivity index (χ2v) is 17.4. The van der Waals surface area contributed by atoms with Crippen LogP contribution >= 0.6 is 7.14 Å². The molecule has 268 valence electrons. The van der Waals surface area contributed by atoms with E-state index in [-0.39, 0.29) is 0 Å². The van der Waals surface area contributed by atoms with Crippen molar-refractivity contribution in [2.45, 2.75) is 0 Å². The number of hydrogen-bond donors (Lipinski definition) is 0. The maximum atomic E-state index is 15.4. The summed E-state index contributed by atoms with van der Waals surface area (Å²) in [7, 11) is -3.07. The second-order valence-electron chi connectivity index (χ2n) is 14.7. The van der Waals surface area contributed by atoms with Gasteiger partial charge < -0.3 is 9.13 Å². The molecule has 0 amide bonds. The second kappa shape index (κ2) is 13.3. The van der Waals surface area contributed by atoms with Gasteiger partial charge in [0, 0.05) is 43.5 Å². The first-order valence-corrected chi connectivity index (χ1v) is 21.0. The van der Waals surface area contributed by atoms with E-state index in [1.54, 1.807) is 0 Å². The molecule has 0 fully saturated rings. The van der Waals surface area contributed by atoms with Crippen molar-refractivity contribution < 1.29 is 4.57 Å². The first kappa shape index (κ1) is 33.3. The largest absolute Gasteiger partial charge is 0.309 e. The predicted octanol–water partition coefficient (Wildman–Crippen LogP) is 12.5. The van der Waals surface area contributed by atoms with Gasteiger partial charge >= 0.3 is 0 Å². The number of para-hydroxylation sites is 1. The predicted molar refractivity (Wildman–Crippen MR) is 239 cm³/mol. The van der Waals surface area contributed by atoms with Gasteiger partial charge in [0.05, 0.1) is 22.4 Å². The van der Waals surface area contributed by atoms with Crippen molar-refractivity contribution in [2.75, 3.05) is 0 Å². The van der Waals surface area contributed by atoms with Crippen LogP contribution in [0, 0.1) is 0 Å². The van der Waals surface area contributed by atoms with Gasteiger partial charge in [-0.3, -0.25) is 0 Å². The van der Waals surface area contributed by atoms with Crippen LogP contribution in [0.2, 0.25) is 0 Å². The zero-order chi connectivity index (χ0) is 37.9. The summed E-state index contributed by atoms with van der Waals surface area (Å²) in [5, 5.41) is 4.92. The van der Waals surface area contributed by atoms with Crippen LogP contribution < -0.4 is 15.9 Å². The Balaban J connectivity index is 1.04. The Hall–Kier alpha value is -7.06. The van der Waals surface area contributed by atoms with Crippen LogP contribution in [0.15, 0.2) is 212 Å². The monoisotopic (exact) mass is 746 g/mol. The molecule has 2 aromatic heterocycles. The van der Waals surface area contributed by atoms with Crippen LogP contribution in [-0.2, 0) is 4.57 Å². The van der Waals surface area contributed by atoms with Crippen LogP contribution in [0.4, 0.5) is 0 Å². The average Bonchev–Trinajstić information content (AvgIpc) is 3.75. The standard InChI is InChI=1S/C53H35N2OP/c56-57(43-18-8-3-9-19-43)52-23-13-11-21-45(52)47-34-51-46(35-53(47)57)44-20-10-12-22-50(44)55(51)42-30-28-40(29-31-42)49-33-41(32-48(54-49)39-16-6-2-7-17-39)38-26-24-37(25-27-38)36-14-4-1-5-15-36/h1-35H. The molecule has 1 aliphatic heterocycles. The van der Waals surface area contributed by atoms with E-state index in [0.717, 1.165) is 88.2 Å². The third-order valence-electron chi connectivity index (χ3n) is 11.4. The molecule has 0 radical (unpaired) electrons. The number of hydrogen-bond acceptors (Lipinski definition) is 2. The lowest BCUT2D eigenvalue weighted by atomic mass is 9.97. The SMILES string of the molecule is O=P1(c2ccccc2)c2ccccc2-c2cc3c(cc21)c1ccccc1n3-c1ccc(-c2cc(-c3ccc(-c4ccccc4)cc3)cc(-c3ccccc3)n2)cc1. The fourth-order valence-electron chi connectivity index (χ4n) is 8.65. The molecule has 0 bridgehead atoms. The summed E-state index contributed by atoms with van der Waals surface area (Å²) >= 11 is 0. The quantitative estimate of drug-likeness (QED) is 0.159. The molecule has 1 aliphatic rings. The molecule has 1 unspecified atom stereocenters. The summed E-state index contributed by atoms with van der Waals surface area (Å²) in [6.45, 7) is 0. The first-order chi connectivity index (χ1) is 28.1. The van der Waals surface area contributed by atoms with E-state index in [0.29, 0.717) is 0 Å². The van der Waals surface area contributed by atoms with E-state index in [1.807, 2.05) is 60.7 Å². The number of pyridine rings is 1. The highest BCUT2D eigenvalue weighted by molar-refractivity contribution is 7.86. The zero-order valence-electron chi connectivity index (χ0n) is 31.0. The molecule has 0 spiro atoms. The van der Waals surface area contributed by atoms with Gasteiger partial charge in [0.2, 0.25) is 0 Å². The molecular weight excluding hydrogens is 712 g/mol. The van der Waals surface area contributed by atoms with E-state index in [1.165, 1.54) is 11.1 Å². The summed E-state index contributed by atoms with van der Waals surface area (Å²) in [6.07, 6.45) is 0. The Kier molecular flexibility index (Phi) is 7.77. The maximum absolute atomic E-state index is 15.4. The van der Waals surface area contributed by atoms with Crippen LogP contribution in [0.3, 0.4) is 0 Å². The summed E-state index contributed by atoms with van der Waals surface area (Å²) in [6, 6.07) is 74.1. The Bertz CT molecular complexity index is 3170. The van der Waals surface area contributed by atoms with Gasteiger partial charge in [-0.1, -0.05) is 170 Å². The highest BCUT2D eigenvalue weighted by Gasteiger charge is 2.40. The molecule has 8 aromatic carbocycles. The lowest BCUT2D eigenvalue weighted by Crippen LogP contribution is -2.20. The number of aromatic nitrogens is 2. The maximum Gasteiger partial charge on any atom is 0.172 e. The summed E-state index contributed by atoms with van der Waals surface area (Å²) < 4.78 is 17.7. The highest BCUT2D eigenvalue weighted by atomic mass is 31.2. The molecule has 3 heterocycles. The van der Waals surface area contributed by atoms with Crippen LogP contribution in [0.1, 0.15) is 0 Å². The summed E-state index contributed by atoms with van der Waals surface area (Å²) in [5.74, 6) is 0. The topological polar surface area (TPSA) is 34.9 Å². The molecule has 1 atom stereocenters. The van der Waals surface area contributed by atoms with Gasteiger partial charge in [0.25, 0.3) is 0 Å². The van der Waals surface area contributed by atoms with Gasteiger partial charge in [-0.2, -0.15) is 0 Å². The van der Waals surface area contributed by atoms with Crippen molar-refractivity contribution in [3.05, 3.63) is 212 Å². The Morgan fingerprint density at radius 2 is 0.895 bits per heavy atom. The zero-order valence-corrected chi connectivity index (χ0v) is 31.9. The Morgan fingerprint density at radius 1 is 0.368 bits per heavy atom. The minimum absolute atomic E-state index is 0.868. The number of benzene rings is 8. The third-order valence-corrected chi connectivity index (χ3v) is 14.6. The minimum Gasteiger partial charge on any atom is -0.309 e. The van der Waals surface area contributed by atoms with E-state index in [2.05, 4.69) is 156 Å². The average molecular weight is 747 g/mol. The first-order valence-electron chi connectivity index (χ1n) is 19.3. The van der Waals surface area contributed by atoms with Crippen LogP contribution in [0.5, 0.6) is 0 Å². The number of nitrogens with zero attached hydrogens (tertiary/aromatic N) is 2. The van der Waals surface area contributed by atoms with Gasteiger partial charge in [0.15, 0.2) is 7.14 Å². The van der Waals surface area contributed by atoms with Crippen LogP contribution in [-0.4, -0.2) is 9.55 Å². The molecule has 0 aliphatic carbocycles. The fraction of sp³-hybridized carbons (Fsp3) is 0. The van der Waals surface area contributed by atoms with Crippen molar-refractivity contribution in [3.63, 3.8) is 0 Å². The Labute approximate surface area is 331 Å². The van der Waals surface area contributed by atoms with E-state index >= 15 is 4.57 Å². The van der Waals surface area contributed by atoms with Gasteiger partial charge in [-0.25, -0.2) is 4.98 Å². The number of rotatable bonds is 6. The third kappa shape index (κ3) is 5.43. The van der Waals surface area contributed by atoms with Gasteiger partial charge in [-0.05, 0) is 75.8 Å². The van der Waals surface area contributed by atoms with Crippen molar-refractivity contribution >= 4 is 44.9 Å². The molecule has 3 nitrogen and oxygen atoms in total. The summed E-state index contributed by atoms with van der Waals surface area (Å²) in [4.78, 5) is 5.22. The molecule has 11 rings (SSSR count). The van der Waals surface area contributed by atoms with Gasteiger partial charge in [0.1, 0.15) is 0 Å². The van der Waals surface area contributed by atoms with Crippen LogP contribution in [0.25, 0.3) is 83.4 Å². The van der Waals surface area contributed by atoms with Crippen molar-refractivity contribution in [3.8, 4) is 61.6 Å². The molecule has 0 saturated carbocycles. The molecule has 0 N–H and O–H groups in total. The normalized spacial score (nSPS) is 14.5. The van der Waals surface area contributed by atoms with Gasteiger partial charge in [-0.15, -0.1) is 0 Å². The lowest BCUT2D eigenvalue weighted by molar-refractivity contribution is 0.593. The van der Waals surface area contributed by atoms with Crippen molar-refractivity contribution in [2.24, 2.45) is 0 Å². The molecular formula is C53H35N2OP. The number of fused-ring (bicyclic) bond motifs is 6. The molecule has 0 saturated heterocycles. The van der Waals surface area contributed by atoms with E-state index in [4.69, 9.17) is 4.98 Å². The highest BCUT2D eigenvalue weighted by Crippen LogP contribution is 2.53. The minimum atomic E-state index is -3.07. The molecule has 4 heteroatoms. The van der Waals surface area contributed by atoms with Crippen molar-refractivity contribution in [1.82, 2.24) is 9.55 Å². The summed E-state index contributed by atoms with van der Waals surface area (Å²) in [5.41, 5.74) is 14.0. The lowest BCUT2D eigenvalue weighted by Gasteiger charge is -2.16.